The Morgan fingerprint density at radius 1 is 0.903 bits per heavy atom. The van der Waals surface area contributed by atoms with Gasteiger partial charge in [0.25, 0.3) is 0 Å². The second kappa shape index (κ2) is 8.60. The Bertz CT molecular complexity index is 1170. The second-order valence-corrected chi connectivity index (χ2v) is 10.1. The molecule has 4 N–H and O–H groups in total. The van der Waals surface area contributed by atoms with Crippen LogP contribution in [0.1, 0.15) is 40.2 Å². The van der Waals surface area contributed by atoms with Gasteiger partial charge in [0, 0.05) is 22.9 Å². The summed E-state index contributed by atoms with van der Waals surface area (Å²) in [6.45, 7) is 9.77. The van der Waals surface area contributed by atoms with Crippen molar-refractivity contribution in [1.29, 1.82) is 0 Å². The quantitative estimate of drug-likeness (QED) is 0.528. The van der Waals surface area contributed by atoms with Crippen LogP contribution in [0.2, 0.25) is 0 Å². The predicted molar refractivity (Wildman–Crippen MR) is 124 cm³/mol. The summed E-state index contributed by atoms with van der Waals surface area (Å²) in [6.07, 6.45) is 0. The highest BCUT2D eigenvalue weighted by atomic mass is 32.2. The number of hydrogen-bond acceptors (Lipinski definition) is 7. The van der Waals surface area contributed by atoms with Crippen LogP contribution < -0.4 is 15.8 Å². The third-order valence-corrected chi connectivity index (χ3v) is 5.37. The molecule has 3 rings (SSSR count). The van der Waals surface area contributed by atoms with Gasteiger partial charge in [0.05, 0.1) is 4.90 Å². The summed E-state index contributed by atoms with van der Waals surface area (Å²) >= 11 is 0. The minimum atomic E-state index is -3.91. The van der Waals surface area contributed by atoms with E-state index in [1.54, 1.807) is 12.1 Å². The molecule has 1 heterocycles. The third-order valence-electron chi connectivity index (χ3n) is 4.41. The van der Waals surface area contributed by atoms with Gasteiger partial charge in [-0.25, -0.2) is 13.6 Å². The molecule has 0 aliphatic heterocycles. The Morgan fingerprint density at radius 3 is 2.13 bits per heavy atom. The summed E-state index contributed by atoms with van der Waals surface area (Å²) in [5.41, 5.74) is 1.48. The molecule has 9 heteroatoms. The number of nitrogens with one attached hydrogen (secondary N) is 2. The largest absolute Gasteiger partial charge is 0.352 e. The van der Waals surface area contributed by atoms with Crippen molar-refractivity contribution < 1.29 is 8.42 Å². The topological polar surface area (TPSA) is 123 Å². The lowest BCUT2D eigenvalue weighted by Crippen LogP contribution is -2.23. The number of sulfonamides is 1. The fourth-order valence-electron chi connectivity index (χ4n) is 3.24. The van der Waals surface area contributed by atoms with E-state index < -0.39 is 15.4 Å². The molecule has 0 saturated carbocycles. The molecule has 2 aromatic carbocycles. The van der Waals surface area contributed by atoms with Gasteiger partial charge < -0.3 is 10.6 Å². The van der Waals surface area contributed by atoms with E-state index in [-0.39, 0.29) is 10.9 Å². The van der Waals surface area contributed by atoms with Crippen LogP contribution in [0.15, 0.2) is 53.4 Å². The van der Waals surface area contributed by atoms with Crippen molar-refractivity contribution in [3.05, 3.63) is 54.1 Å². The van der Waals surface area contributed by atoms with Crippen molar-refractivity contribution in [2.45, 2.75) is 51.0 Å². The first-order valence-electron chi connectivity index (χ1n) is 9.96. The Balaban J connectivity index is 2.14. The van der Waals surface area contributed by atoms with Crippen LogP contribution in [-0.4, -0.2) is 29.4 Å². The van der Waals surface area contributed by atoms with Crippen molar-refractivity contribution in [2.24, 2.45) is 5.14 Å². The van der Waals surface area contributed by atoms with Crippen molar-refractivity contribution >= 4 is 27.6 Å². The smallest absolute Gasteiger partial charge is 0.238 e. The Labute approximate surface area is 183 Å². The Morgan fingerprint density at radius 2 is 1.55 bits per heavy atom. The number of primary sulfonamides is 1. The van der Waals surface area contributed by atoms with E-state index in [1.165, 1.54) is 6.07 Å². The Hall–Kier alpha value is -3.04. The fourth-order valence-corrected chi connectivity index (χ4v) is 4.21. The third kappa shape index (κ3) is 5.56. The molecule has 0 fully saturated rings. The average molecular weight is 441 g/mol. The zero-order valence-corrected chi connectivity index (χ0v) is 19.2. The van der Waals surface area contributed by atoms with Crippen LogP contribution >= 0.6 is 0 Å². The molecule has 0 bridgehead atoms. The maximum Gasteiger partial charge on any atom is 0.238 e. The minimum absolute atomic E-state index is 0.0721. The van der Waals surface area contributed by atoms with Gasteiger partial charge in [-0.05, 0) is 31.4 Å². The molecular formula is C22H28N6O2S. The highest BCUT2D eigenvalue weighted by Crippen LogP contribution is 2.36. The van der Waals surface area contributed by atoms with E-state index in [2.05, 4.69) is 25.6 Å². The number of anilines is 3. The van der Waals surface area contributed by atoms with Crippen LogP contribution in [0.5, 0.6) is 0 Å². The summed E-state index contributed by atoms with van der Waals surface area (Å²) in [4.78, 5) is 13.6. The van der Waals surface area contributed by atoms with Gasteiger partial charge in [-0.15, -0.1) is 0 Å². The molecule has 0 unspecified atom stereocenters. The van der Waals surface area contributed by atoms with Gasteiger partial charge >= 0.3 is 0 Å². The van der Waals surface area contributed by atoms with Crippen LogP contribution in [0, 0.1) is 0 Å². The molecule has 0 saturated heterocycles. The molecule has 31 heavy (non-hydrogen) atoms. The van der Waals surface area contributed by atoms with Crippen LogP contribution in [0.4, 0.5) is 17.6 Å². The van der Waals surface area contributed by atoms with Gasteiger partial charge in [0.15, 0.2) is 5.82 Å². The average Bonchev–Trinajstić information content (AvgIpc) is 2.66. The van der Waals surface area contributed by atoms with E-state index >= 15 is 0 Å². The SMILES string of the molecule is CC(C)Nc1nc(Nc2cccc(S(N)(=O)=O)c2C(C)(C)C)nc(-c2ccccc2)n1. The van der Waals surface area contributed by atoms with E-state index in [1.807, 2.05) is 65.0 Å². The van der Waals surface area contributed by atoms with E-state index in [0.29, 0.717) is 29.0 Å². The molecule has 0 radical (unpaired) electrons. The van der Waals surface area contributed by atoms with Crippen LogP contribution in [0.25, 0.3) is 11.4 Å². The van der Waals surface area contributed by atoms with Crippen LogP contribution in [0.3, 0.4) is 0 Å². The summed E-state index contributed by atoms with van der Waals surface area (Å²) in [7, 11) is -3.91. The molecular weight excluding hydrogens is 412 g/mol. The number of nitrogens with two attached hydrogens (primary N) is 1. The highest BCUT2D eigenvalue weighted by Gasteiger charge is 2.27. The summed E-state index contributed by atoms with van der Waals surface area (Å²) in [5.74, 6) is 1.22. The monoisotopic (exact) mass is 440 g/mol. The van der Waals surface area contributed by atoms with Crippen LogP contribution in [-0.2, 0) is 15.4 Å². The number of benzene rings is 2. The first-order chi connectivity index (χ1) is 14.4. The van der Waals surface area contributed by atoms with Crippen molar-refractivity contribution in [3.63, 3.8) is 0 Å². The maximum atomic E-state index is 12.2. The number of hydrogen-bond donors (Lipinski definition) is 3. The second-order valence-electron chi connectivity index (χ2n) is 8.57. The highest BCUT2D eigenvalue weighted by molar-refractivity contribution is 7.89. The fraction of sp³-hybridized carbons (Fsp3) is 0.318. The summed E-state index contributed by atoms with van der Waals surface area (Å²) < 4.78 is 24.4. The standard InChI is InChI=1S/C22H28N6O2S/c1-14(2)24-20-26-19(15-10-7-6-8-11-15)27-21(28-20)25-16-12-9-13-17(31(23,29)30)18(16)22(3,4)5/h6-14H,1-5H3,(H2,23,29,30)(H2,24,25,26,27,28). The molecule has 0 aliphatic carbocycles. The van der Waals surface area contributed by atoms with E-state index in [4.69, 9.17) is 5.14 Å². The van der Waals surface area contributed by atoms with Gasteiger partial charge in [-0.2, -0.15) is 15.0 Å². The van der Waals surface area contributed by atoms with E-state index in [9.17, 15) is 8.42 Å². The van der Waals surface area contributed by atoms with E-state index in [0.717, 1.165) is 5.56 Å². The molecule has 0 spiro atoms. The van der Waals surface area contributed by atoms with Gasteiger partial charge in [0.2, 0.25) is 21.9 Å². The maximum absolute atomic E-state index is 12.2. The number of aromatic nitrogens is 3. The normalized spacial score (nSPS) is 12.1. The lowest BCUT2D eigenvalue weighted by Gasteiger charge is -2.25. The summed E-state index contributed by atoms with van der Waals surface area (Å²) in [6, 6.07) is 14.6. The molecule has 0 amide bonds. The van der Waals surface area contributed by atoms with Crippen molar-refractivity contribution in [3.8, 4) is 11.4 Å². The molecule has 0 atom stereocenters. The number of rotatable bonds is 6. The molecule has 3 aromatic rings. The van der Waals surface area contributed by atoms with Gasteiger partial charge in [-0.1, -0.05) is 57.2 Å². The first kappa shape index (κ1) is 22.6. The zero-order chi connectivity index (χ0) is 22.8. The van der Waals surface area contributed by atoms with Gasteiger partial charge in [0.1, 0.15) is 0 Å². The molecule has 164 valence electrons. The molecule has 1 aromatic heterocycles. The Kier molecular flexibility index (Phi) is 6.28. The van der Waals surface area contributed by atoms with Crippen molar-refractivity contribution in [2.75, 3.05) is 10.6 Å². The van der Waals surface area contributed by atoms with Crippen molar-refractivity contribution in [1.82, 2.24) is 15.0 Å². The zero-order valence-electron chi connectivity index (χ0n) is 18.3. The minimum Gasteiger partial charge on any atom is -0.352 e. The predicted octanol–water partition coefficient (Wildman–Crippen LogP) is 4.05. The lowest BCUT2D eigenvalue weighted by atomic mass is 9.85. The first-order valence-corrected chi connectivity index (χ1v) is 11.5. The van der Waals surface area contributed by atoms with Gasteiger partial charge in [-0.3, -0.25) is 0 Å². The lowest BCUT2D eigenvalue weighted by molar-refractivity contribution is 0.563. The number of nitrogens with zero attached hydrogens (tertiary/aromatic N) is 3. The summed E-state index contributed by atoms with van der Waals surface area (Å²) in [5, 5.41) is 11.9. The molecule has 0 aliphatic rings. The molecule has 8 nitrogen and oxygen atoms in total.